The average Bonchev–Trinajstić information content (AvgIpc) is 2.77. The molecule has 0 spiro atoms. The highest BCUT2D eigenvalue weighted by Crippen LogP contribution is 2.64. The van der Waals surface area contributed by atoms with Gasteiger partial charge in [-0.1, -0.05) is 6.92 Å². The largest absolute Gasteiger partial charge is 0.462 e. The summed E-state index contributed by atoms with van der Waals surface area (Å²) in [5.74, 6) is -0.713. The van der Waals surface area contributed by atoms with Crippen molar-refractivity contribution < 1.29 is 14.3 Å². The van der Waals surface area contributed by atoms with Crippen molar-refractivity contribution in [2.45, 2.75) is 37.9 Å². The van der Waals surface area contributed by atoms with E-state index in [4.69, 9.17) is 27.9 Å². The van der Waals surface area contributed by atoms with Gasteiger partial charge in [-0.05, 0) is 32.8 Å². The molecule has 2 rings (SSSR count). The van der Waals surface area contributed by atoms with Crippen LogP contribution in [-0.4, -0.2) is 22.8 Å². The highest BCUT2D eigenvalue weighted by Gasteiger charge is 2.68. The lowest BCUT2D eigenvalue weighted by Crippen LogP contribution is -2.26. The minimum Gasteiger partial charge on any atom is -0.462 e. The second kappa shape index (κ2) is 5.78. The Kier molecular flexibility index (Phi) is 4.57. The van der Waals surface area contributed by atoms with Crippen molar-refractivity contribution >= 4 is 51.4 Å². The van der Waals surface area contributed by atoms with Crippen LogP contribution in [0, 0.1) is 5.41 Å². The number of carbonyl (C=O) groups excluding carboxylic acids is 2. The maximum atomic E-state index is 12.3. The van der Waals surface area contributed by atoms with Gasteiger partial charge in [0.2, 0.25) is 5.91 Å². The molecule has 0 bridgehead atoms. The summed E-state index contributed by atoms with van der Waals surface area (Å²) in [5.41, 5.74) is -0.440. The zero-order valence-electron chi connectivity index (χ0n) is 12.1. The maximum absolute atomic E-state index is 12.3. The Hall–Kier alpha value is -0.780. The van der Waals surface area contributed by atoms with Gasteiger partial charge in [-0.2, -0.15) is 0 Å². The van der Waals surface area contributed by atoms with E-state index in [1.807, 2.05) is 6.92 Å². The minimum atomic E-state index is -1.04. The molecule has 7 heteroatoms. The van der Waals surface area contributed by atoms with Crippen molar-refractivity contribution in [2.24, 2.45) is 5.41 Å². The molecule has 21 heavy (non-hydrogen) atoms. The molecule has 0 aromatic carbocycles. The van der Waals surface area contributed by atoms with Crippen molar-refractivity contribution in [3.8, 4) is 0 Å². The molecule has 0 radical (unpaired) electrons. The molecule has 1 atom stereocenters. The number of amides is 1. The van der Waals surface area contributed by atoms with Gasteiger partial charge in [0.15, 0.2) is 0 Å². The number of ether oxygens (including phenoxy) is 1. The molecular weight excluding hydrogens is 333 g/mol. The third kappa shape index (κ3) is 3.05. The van der Waals surface area contributed by atoms with Crippen LogP contribution in [0.1, 0.15) is 42.4 Å². The zero-order valence-corrected chi connectivity index (χ0v) is 14.4. The number of nitrogens with one attached hydrogen (secondary N) is 1. The summed E-state index contributed by atoms with van der Waals surface area (Å²) in [7, 11) is 0. The SMILES string of the molecule is CCOC(=O)c1cc(CC)sc1NC(=O)[C@@]1(C)CC1(Cl)Cl. The van der Waals surface area contributed by atoms with Crippen LogP contribution in [-0.2, 0) is 16.0 Å². The molecule has 1 fully saturated rings. The Morgan fingerprint density at radius 1 is 1.43 bits per heavy atom. The summed E-state index contributed by atoms with van der Waals surface area (Å²) in [6, 6.07) is 1.75. The van der Waals surface area contributed by atoms with Crippen LogP contribution in [0.2, 0.25) is 0 Å². The van der Waals surface area contributed by atoms with E-state index in [9.17, 15) is 9.59 Å². The van der Waals surface area contributed by atoms with E-state index in [1.165, 1.54) is 11.3 Å². The molecule has 1 heterocycles. The van der Waals surface area contributed by atoms with Crippen LogP contribution in [0.3, 0.4) is 0 Å². The summed E-state index contributed by atoms with van der Waals surface area (Å²) >= 11 is 13.4. The standard InChI is InChI=1S/C14H17Cl2NO3S/c1-4-8-6-9(11(18)20-5-2)10(21-8)17-12(19)13(3)7-14(13,15)16/h6H,4-5,7H2,1-3H3,(H,17,19)/t13-/m1/s1. The molecule has 1 aliphatic rings. The fourth-order valence-electron chi connectivity index (χ4n) is 1.96. The van der Waals surface area contributed by atoms with Crippen LogP contribution < -0.4 is 5.32 Å². The van der Waals surface area contributed by atoms with Crippen LogP contribution in [0.5, 0.6) is 0 Å². The van der Waals surface area contributed by atoms with Gasteiger partial charge in [-0.25, -0.2) is 4.79 Å². The van der Waals surface area contributed by atoms with Crippen molar-refractivity contribution in [3.05, 3.63) is 16.5 Å². The van der Waals surface area contributed by atoms with E-state index in [0.29, 0.717) is 17.0 Å². The number of anilines is 1. The fourth-order valence-corrected chi connectivity index (χ4v) is 3.64. The third-order valence-electron chi connectivity index (χ3n) is 3.61. The van der Waals surface area contributed by atoms with Gasteiger partial charge in [0, 0.05) is 4.88 Å². The molecule has 0 aliphatic heterocycles. The summed E-state index contributed by atoms with van der Waals surface area (Å²) in [6.45, 7) is 5.72. The number of rotatable bonds is 5. The van der Waals surface area contributed by atoms with Crippen molar-refractivity contribution in [2.75, 3.05) is 11.9 Å². The van der Waals surface area contributed by atoms with Crippen LogP contribution >= 0.6 is 34.5 Å². The van der Waals surface area contributed by atoms with Gasteiger partial charge < -0.3 is 10.1 Å². The molecule has 1 amide bonds. The summed E-state index contributed by atoms with van der Waals surface area (Å²) < 4.78 is 3.98. The molecule has 1 aliphatic carbocycles. The summed E-state index contributed by atoms with van der Waals surface area (Å²) in [6.07, 6.45) is 1.18. The number of alkyl halides is 2. The van der Waals surface area contributed by atoms with E-state index in [2.05, 4.69) is 5.32 Å². The molecule has 1 saturated carbocycles. The molecule has 0 unspecified atom stereocenters. The van der Waals surface area contributed by atoms with Gasteiger partial charge in [-0.15, -0.1) is 34.5 Å². The zero-order chi connectivity index (χ0) is 15.8. The number of aryl methyl sites for hydroxylation is 1. The van der Waals surface area contributed by atoms with Gasteiger partial charge in [0.25, 0.3) is 0 Å². The topological polar surface area (TPSA) is 55.4 Å². The Morgan fingerprint density at radius 2 is 2.05 bits per heavy atom. The lowest BCUT2D eigenvalue weighted by Gasteiger charge is -2.12. The number of hydrogen-bond donors (Lipinski definition) is 1. The van der Waals surface area contributed by atoms with Crippen LogP contribution in [0.15, 0.2) is 6.07 Å². The van der Waals surface area contributed by atoms with Crippen molar-refractivity contribution in [1.82, 2.24) is 0 Å². The number of esters is 1. The van der Waals surface area contributed by atoms with Crippen LogP contribution in [0.4, 0.5) is 5.00 Å². The fraction of sp³-hybridized carbons (Fsp3) is 0.571. The van der Waals surface area contributed by atoms with Gasteiger partial charge >= 0.3 is 5.97 Å². The van der Waals surface area contributed by atoms with E-state index in [1.54, 1.807) is 19.9 Å². The molecule has 1 N–H and O–H groups in total. The molecular formula is C14H17Cl2NO3S. The van der Waals surface area contributed by atoms with Crippen LogP contribution in [0.25, 0.3) is 0 Å². The Morgan fingerprint density at radius 3 is 2.52 bits per heavy atom. The predicted molar refractivity (Wildman–Crippen MR) is 85.4 cm³/mol. The second-order valence-corrected chi connectivity index (χ2v) is 7.82. The first-order chi connectivity index (χ1) is 9.75. The smallest absolute Gasteiger partial charge is 0.341 e. The second-order valence-electron chi connectivity index (χ2n) is 5.20. The third-order valence-corrected chi connectivity index (χ3v) is 5.91. The number of halogens is 2. The Bertz CT molecular complexity index is 585. The van der Waals surface area contributed by atoms with E-state index >= 15 is 0 Å². The highest BCUT2D eigenvalue weighted by molar-refractivity contribution is 7.16. The van der Waals surface area contributed by atoms with E-state index in [0.717, 1.165) is 11.3 Å². The highest BCUT2D eigenvalue weighted by atomic mass is 35.5. The van der Waals surface area contributed by atoms with Crippen molar-refractivity contribution in [3.63, 3.8) is 0 Å². The summed E-state index contributed by atoms with van der Waals surface area (Å²) in [5, 5.41) is 3.27. The molecule has 0 saturated heterocycles. The molecule has 116 valence electrons. The maximum Gasteiger partial charge on any atom is 0.341 e. The van der Waals surface area contributed by atoms with E-state index in [-0.39, 0.29) is 12.5 Å². The molecule has 1 aromatic heterocycles. The Labute approximate surface area is 137 Å². The lowest BCUT2D eigenvalue weighted by molar-refractivity contribution is -0.120. The lowest BCUT2D eigenvalue weighted by atomic mass is 10.1. The average molecular weight is 350 g/mol. The number of carbonyl (C=O) groups is 2. The first kappa shape index (κ1) is 16.6. The van der Waals surface area contributed by atoms with Gasteiger partial charge in [-0.3, -0.25) is 4.79 Å². The van der Waals surface area contributed by atoms with Gasteiger partial charge in [0.1, 0.15) is 9.33 Å². The minimum absolute atomic E-state index is 0.275. The Balaban J connectivity index is 2.21. The van der Waals surface area contributed by atoms with Gasteiger partial charge in [0.05, 0.1) is 17.6 Å². The molecule has 1 aromatic rings. The normalized spacial score (nSPS) is 22.7. The first-order valence-corrected chi connectivity index (χ1v) is 8.31. The number of hydrogen-bond acceptors (Lipinski definition) is 4. The first-order valence-electron chi connectivity index (χ1n) is 6.74. The predicted octanol–water partition coefficient (Wildman–Crippen LogP) is 4.01. The number of thiophene rings is 1. The monoisotopic (exact) mass is 349 g/mol. The summed E-state index contributed by atoms with van der Waals surface area (Å²) in [4.78, 5) is 25.3. The molecule has 4 nitrogen and oxygen atoms in total. The quantitative estimate of drug-likeness (QED) is 0.645. The van der Waals surface area contributed by atoms with E-state index < -0.39 is 15.7 Å². The van der Waals surface area contributed by atoms with Crippen molar-refractivity contribution in [1.29, 1.82) is 0 Å².